The number of nitrogens with zero attached hydrogens (tertiary/aromatic N) is 2. The molecule has 0 aliphatic carbocycles. The van der Waals surface area contributed by atoms with Crippen molar-refractivity contribution in [2.24, 2.45) is 0 Å². The van der Waals surface area contributed by atoms with E-state index in [0.29, 0.717) is 10.7 Å². The van der Waals surface area contributed by atoms with Crippen LogP contribution in [-0.2, 0) is 9.59 Å². The Morgan fingerprint density at radius 3 is 2.56 bits per heavy atom. The maximum atomic E-state index is 12.6. The average molecular weight is 354 g/mol. The summed E-state index contributed by atoms with van der Waals surface area (Å²) >= 11 is 6.45. The lowest BCUT2D eigenvalue weighted by atomic mass is 10.0. The Kier molecular flexibility index (Phi) is 3.54. The molecule has 0 saturated carbocycles. The third kappa shape index (κ3) is 2.31. The van der Waals surface area contributed by atoms with Crippen LogP contribution in [0.1, 0.15) is 18.0 Å². The lowest BCUT2D eigenvalue weighted by Gasteiger charge is -2.16. The van der Waals surface area contributed by atoms with Crippen LogP contribution in [0.4, 0.5) is 5.69 Å². The highest BCUT2D eigenvalue weighted by Gasteiger charge is 2.39. The summed E-state index contributed by atoms with van der Waals surface area (Å²) in [6, 6.07) is 14.9. The molecule has 0 bridgehead atoms. The SMILES string of the molecule is CN1C(=O)CC(c2cc3cccc(Cl)c3n2-c2ccccc2N)C1=O. The molecule has 1 unspecified atom stereocenters. The maximum absolute atomic E-state index is 12.6. The van der Waals surface area contributed by atoms with Crippen LogP contribution in [0.2, 0.25) is 5.02 Å². The van der Waals surface area contributed by atoms with Gasteiger partial charge in [0.2, 0.25) is 11.8 Å². The highest BCUT2D eigenvalue weighted by Crippen LogP contribution is 2.38. The molecule has 2 aromatic carbocycles. The Morgan fingerprint density at radius 1 is 1.12 bits per heavy atom. The van der Waals surface area contributed by atoms with Gasteiger partial charge in [0, 0.05) is 24.5 Å². The summed E-state index contributed by atoms with van der Waals surface area (Å²) in [5.41, 5.74) is 9.01. The molecule has 2 heterocycles. The minimum absolute atomic E-state index is 0.149. The van der Waals surface area contributed by atoms with Gasteiger partial charge in [-0.1, -0.05) is 35.9 Å². The van der Waals surface area contributed by atoms with Gasteiger partial charge in [-0.2, -0.15) is 0 Å². The summed E-state index contributed by atoms with van der Waals surface area (Å²) in [5, 5.41) is 1.47. The normalized spacial score (nSPS) is 17.7. The Hall–Kier alpha value is -2.79. The van der Waals surface area contributed by atoms with E-state index in [2.05, 4.69) is 0 Å². The first-order chi connectivity index (χ1) is 12.0. The van der Waals surface area contributed by atoms with Gasteiger partial charge in [0.15, 0.2) is 0 Å². The fourth-order valence-corrected chi connectivity index (χ4v) is 3.70. The second kappa shape index (κ2) is 5.63. The zero-order valence-corrected chi connectivity index (χ0v) is 14.3. The number of hydrogen-bond donors (Lipinski definition) is 1. The summed E-state index contributed by atoms with van der Waals surface area (Å²) in [6.07, 6.45) is 0.149. The number of imide groups is 1. The van der Waals surface area contributed by atoms with Gasteiger partial charge in [-0.15, -0.1) is 0 Å². The lowest BCUT2D eigenvalue weighted by molar-refractivity contribution is -0.137. The highest BCUT2D eigenvalue weighted by atomic mass is 35.5. The summed E-state index contributed by atoms with van der Waals surface area (Å²) in [6.45, 7) is 0. The molecule has 2 N–H and O–H groups in total. The average Bonchev–Trinajstić information content (AvgIpc) is 3.09. The van der Waals surface area contributed by atoms with Crippen molar-refractivity contribution in [1.29, 1.82) is 0 Å². The Bertz CT molecular complexity index is 1020. The van der Waals surface area contributed by atoms with Gasteiger partial charge < -0.3 is 10.3 Å². The summed E-state index contributed by atoms with van der Waals surface area (Å²) in [5.74, 6) is -0.931. The first-order valence-electron chi connectivity index (χ1n) is 7.94. The number of carbonyl (C=O) groups excluding carboxylic acids is 2. The van der Waals surface area contributed by atoms with Gasteiger partial charge in [-0.3, -0.25) is 14.5 Å². The standard InChI is InChI=1S/C19H16ClN3O2/c1-22-17(24)10-12(19(22)25)16-9-11-5-4-6-13(20)18(11)23(16)15-8-3-2-7-14(15)21/h2-9,12H,10,21H2,1H3. The number of benzene rings is 2. The van der Waals surface area contributed by atoms with Crippen LogP contribution in [0, 0.1) is 0 Å². The molecule has 0 radical (unpaired) electrons. The zero-order valence-electron chi connectivity index (χ0n) is 13.6. The number of likely N-dealkylation sites (tertiary alicyclic amines) is 1. The van der Waals surface area contributed by atoms with Crippen molar-refractivity contribution >= 4 is 40.0 Å². The van der Waals surface area contributed by atoms with Gasteiger partial charge in [-0.05, 0) is 24.3 Å². The number of fused-ring (bicyclic) bond motifs is 1. The monoisotopic (exact) mass is 353 g/mol. The fraction of sp³-hybridized carbons (Fsp3) is 0.158. The minimum Gasteiger partial charge on any atom is -0.397 e. The van der Waals surface area contributed by atoms with Crippen LogP contribution in [0.3, 0.4) is 0 Å². The molecular weight excluding hydrogens is 338 g/mol. The number of aromatic nitrogens is 1. The third-order valence-electron chi connectivity index (χ3n) is 4.72. The van der Waals surface area contributed by atoms with E-state index in [1.165, 1.54) is 11.9 Å². The molecule has 0 spiro atoms. The van der Waals surface area contributed by atoms with E-state index in [1.54, 1.807) is 12.1 Å². The number of para-hydroxylation sites is 3. The minimum atomic E-state index is -0.541. The largest absolute Gasteiger partial charge is 0.397 e. The van der Waals surface area contributed by atoms with E-state index < -0.39 is 5.92 Å². The van der Waals surface area contributed by atoms with Gasteiger partial charge >= 0.3 is 0 Å². The van der Waals surface area contributed by atoms with Crippen LogP contribution < -0.4 is 5.73 Å². The molecule has 1 atom stereocenters. The van der Waals surface area contributed by atoms with Crippen LogP contribution >= 0.6 is 11.6 Å². The number of carbonyl (C=O) groups is 2. The molecule has 3 aromatic rings. The number of likely N-dealkylation sites (N-methyl/N-ethyl adjacent to an activating group) is 1. The highest BCUT2D eigenvalue weighted by molar-refractivity contribution is 6.35. The molecule has 1 aromatic heterocycles. The predicted molar refractivity (Wildman–Crippen MR) is 97.8 cm³/mol. The molecule has 6 heteroatoms. The van der Waals surface area contributed by atoms with Crippen molar-refractivity contribution < 1.29 is 9.59 Å². The molecule has 126 valence electrons. The van der Waals surface area contributed by atoms with Crippen molar-refractivity contribution in [2.45, 2.75) is 12.3 Å². The predicted octanol–water partition coefficient (Wildman–Crippen LogP) is 3.34. The Morgan fingerprint density at radius 2 is 1.88 bits per heavy atom. The van der Waals surface area contributed by atoms with Crippen molar-refractivity contribution in [2.75, 3.05) is 12.8 Å². The molecule has 2 amide bonds. The number of anilines is 1. The van der Waals surface area contributed by atoms with Crippen LogP contribution in [0.15, 0.2) is 48.5 Å². The zero-order chi connectivity index (χ0) is 17.7. The smallest absolute Gasteiger partial charge is 0.238 e. The van der Waals surface area contributed by atoms with Crippen molar-refractivity contribution in [3.63, 3.8) is 0 Å². The number of nitrogen functional groups attached to an aromatic ring is 1. The van der Waals surface area contributed by atoms with Crippen molar-refractivity contribution in [1.82, 2.24) is 9.47 Å². The summed E-state index contributed by atoms with van der Waals surface area (Å²) in [4.78, 5) is 25.8. The number of nitrogens with two attached hydrogens (primary N) is 1. The Labute approximate surface area is 149 Å². The molecule has 1 fully saturated rings. The van der Waals surface area contributed by atoms with E-state index in [-0.39, 0.29) is 18.2 Å². The molecule has 1 saturated heterocycles. The number of rotatable bonds is 2. The summed E-state index contributed by atoms with van der Waals surface area (Å²) < 4.78 is 1.90. The molecule has 5 nitrogen and oxygen atoms in total. The fourth-order valence-electron chi connectivity index (χ4n) is 3.43. The van der Waals surface area contributed by atoms with E-state index in [1.807, 2.05) is 41.0 Å². The van der Waals surface area contributed by atoms with E-state index in [4.69, 9.17) is 17.3 Å². The topological polar surface area (TPSA) is 68.3 Å². The van der Waals surface area contributed by atoms with Gasteiger partial charge in [0.1, 0.15) is 0 Å². The second-order valence-electron chi connectivity index (χ2n) is 6.19. The van der Waals surface area contributed by atoms with Crippen LogP contribution in [0.5, 0.6) is 0 Å². The third-order valence-corrected chi connectivity index (χ3v) is 5.02. The quantitative estimate of drug-likeness (QED) is 0.567. The van der Waals surface area contributed by atoms with Gasteiger partial charge in [-0.25, -0.2) is 0 Å². The Balaban J connectivity index is 2.04. The lowest BCUT2D eigenvalue weighted by Crippen LogP contribution is -2.25. The van der Waals surface area contributed by atoms with Crippen molar-refractivity contribution in [3.05, 3.63) is 59.2 Å². The van der Waals surface area contributed by atoms with Gasteiger partial charge in [0.05, 0.1) is 27.8 Å². The van der Waals surface area contributed by atoms with E-state index >= 15 is 0 Å². The van der Waals surface area contributed by atoms with Gasteiger partial charge in [0.25, 0.3) is 0 Å². The first-order valence-corrected chi connectivity index (χ1v) is 8.32. The number of amides is 2. The van der Waals surface area contributed by atoms with Crippen LogP contribution in [0.25, 0.3) is 16.6 Å². The van der Waals surface area contributed by atoms with E-state index in [9.17, 15) is 9.59 Å². The molecule has 1 aliphatic rings. The number of halogens is 1. The molecule has 4 rings (SSSR count). The molecule has 1 aliphatic heterocycles. The molecule has 25 heavy (non-hydrogen) atoms. The maximum Gasteiger partial charge on any atom is 0.238 e. The van der Waals surface area contributed by atoms with E-state index in [0.717, 1.165) is 22.3 Å². The van der Waals surface area contributed by atoms with Crippen LogP contribution in [-0.4, -0.2) is 28.3 Å². The number of hydrogen-bond acceptors (Lipinski definition) is 3. The molecular formula is C19H16ClN3O2. The summed E-state index contributed by atoms with van der Waals surface area (Å²) in [7, 11) is 1.52. The first kappa shape index (κ1) is 15.7. The second-order valence-corrected chi connectivity index (χ2v) is 6.60. The van der Waals surface area contributed by atoms with Crippen molar-refractivity contribution in [3.8, 4) is 5.69 Å².